The highest BCUT2D eigenvalue weighted by Gasteiger charge is 2.13. The monoisotopic (exact) mass is 413 g/mol. The molecule has 0 spiro atoms. The van der Waals surface area contributed by atoms with Crippen LogP contribution in [-0.2, 0) is 5.75 Å². The number of thiophene rings is 1. The van der Waals surface area contributed by atoms with Crippen LogP contribution in [0.3, 0.4) is 0 Å². The first kappa shape index (κ1) is 18.7. The summed E-state index contributed by atoms with van der Waals surface area (Å²) >= 11 is 2.97. The summed E-state index contributed by atoms with van der Waals surface area (Å²) in [5.41, 5.74) is 3.03. The molecule has 1 aromatic carbocycles. The first-order valence-corrected chi connectivity index (χ1v) is 10.9. The fourth-order valence-electron chi connectivity index (χ4n) is 2.73. The van der Waals surface area contributed by atoms with Crippen molar-refractivity contribution in [3.05, 3.63) is 47.0 Å². The Bertz CT molecular complexity index is 1010. The topological polar surface area (TPSA) is 81.1 Å². The van der Waals surface area contributed by atoms with Crippen molar-refractivity contribution >= 4 is 28.8 Å². The largest absolute Gasteiger partial charge is 0.411 e. The lowest BCUT2D eigenvalue weighted by Crippen LogP contribution is -2.21. The Labute approximate surface area is 170 Å². The van der Waals surface area contributed by atoms with Crippen molar-refractivity contribution in [1.82, 2.24) is 20.3 Å². The molecule has 9 heteroatoms. The maximum Gasteiger partial charge on any atom is 0.277 e. The molecule has 0 amide bonds. The molecule has 0 atom stereocenters. The van der Waals surface area contributed by atoms with Crippen molar-refractivity contribution in [2.45, 2.75) is 24.8 Å². The van der Waals surface area contributed by atoms with E-state index in [1.165, 1.54) is 17.4 Å². The van der Waals surface area contributed by atoms with Gasteiger partial charge in [0, 0.05) is 35.3 Å². The van der Waals surface area contributed by atoms with Crippen LogP contribution in [0.25, 0.3) is 22.8 Å². The molecule has 3 aromatic heterocycles. The first-order chi connectivity index (χ1) is 13.8. The van der Waals surface area contributed by atoms with Gasteiger partial charge in [-0.05, 0) is 49.6 Å². The number of hydrogen-bond donors (Lipinski definition) is 0. The predicted octanol–water partition coefficient (Wildman–Crippen LogP) is 4.99. The molecule has 144 valence electrons. The van der Waals surface area contributed by atoms with Gasteiger partial charge < -0.3 is 13.8 Å². The van der Waals surface area contributed by atoms with E-state index in [-0.39, 0.29) is 0 Å². The molecule has 0 saturated heterocycles. The van der Waals surface area contributed by atoms with Crippen molar-refractivity contribution < 1.29 is 8.94 Å². The number of aromatic nitrogens is 4. The lowest BCUT2D eigenvalue weighted by atomic mass is 10.2. The van der Waals surface area contributed by atoms with Gasteiger partial charge >= 0.3 is 0 Å². The Morgan fingerprint density at radius 3 is 2.57 bits per heavy atom. The highest BCUT2D eigenvalue weighted by molar-refractivity contribution is 7.98. The molecule has 0 aliphatic rings. The molecule has 28 heavy (non-hydrogen) atoms. The van der Waals surface area contributed by atoms with Gasteiger partial charge in [0.15, 0.2) is 0 Å². The molecule has 0 N–H and O–H groups in total. The van der Waals surface area contributed by atoms with E-state index in [4.69, 9.17) is 8.94 Å². The summed E-state index contributed by atoms with van der Waals surface area (Å²) in [5.74, 6) is 2.09. The number of thioether (sulfide) groups is 1. The fraction of sp³-hybridized carbons (Fsp3) is 0.263. The Balaban J connectivity index is 1.39. The SMILES string of the molecule is CCN(CC)c1ccc(-c2nnc(SCc3nc(-c4ccsc4)no3)o2)cc1. The quantitative estimate of drug-likeness (QED) is 0.374. The van der Waals surface area contributed by atoms with Crippen LogP contribution in [0.5, 0.6) is 0 Å². The van der Waals surface area contributed by atoms with Crippen molar-refractivity contribution in [2.75, 3.05) is 18.0 Å². The lowest BCUT2D eigenvalue weighted by Gasteiger charge is -2.20. The summed E-state index contributed by atoms with van der Waals surface area (Å²) in [7, 11) is 0. The molecule has 0 bridgehead atoms. The van der Waals surface area contributed by atoms with E-state index in [0.29, 0.717) is 28.6 Å². The van der Waals surface area contributed by atoms with Crippen LogP contribution in [0.2, 0.25) is 0 Å². The van der Waals surface area contributed by atoms with Gasteiger partial charge in [0.2, 0.25) is 17.6 Å². The highest BCUT2D eigenvalue weighted by atomic mass is 32.2. The minimum absolute atomic E-state index is 0.470. The molecule has 7 nitrogen and oxygen atoms in total. The molecule has 0 radical (unpaired) electrons. The number of hydrogen-bond acceptors (Lipinski definition) is 9. The van der Waals surface area contributed by atoms with Gasteiger partial charge in [-0.15, -0.1) is 10.2 Å². The second-order valence-corrected chi connectivity index (χ2v) is 7.61. The summed E-state index contributed by atoms with van der Waals surface area (Å²) in [5, 5.41) is 16.7. The molecule has 0 aliphatic carbocycles. The third-order valence-electron chi connectivity index (χ3n) is 4.22. The molecule has 0 saturated carbocycles. The second-order valence-electron chi connectivity index (χ2n) is 5.90. The van der Waals surface area contributed by atoms with Crippen LogP contribution in [0.4, 0.5) is 5.69 Å². The normalized spacial score (nSPS) is 11.1. The number of benzene rings is 1. The molecular formula is C19H19N5O2S2. The average molecular weight is 414 g/mol. The highest BCUT2D eigenvalue weighted by Crippen LogP contribution is 2.27. The van der Waals surface area contributed by atoms with Crippen LogP contribution in [0.1, 0.15) is 19.7 Å². The Hall–Kier alpha value is -2.65. The van der Waals surface area contributed by atoms with Gasteiger partial charge in [0.25, 0.3) is 5.22 Å². The summed E-state index contributed by atoms with van der Waals surface area (Å²) in [4.78, 5) is 6.67. The van der Waals surface area contributed by atoms with E-state index in [1.807, 2.05) is 29.0 Å². The van der Waals surface area contributed by atoms with Crippen LogP contribution in [0, 0.1) is 0 Å². The average Bonchev–Trinajstić information content (AvgIpc) is 3.49. The standard InChI is InChI=1S/C19H19N5O2S2/c1-3-24(4-2)15-7-5-13(6-8-15)18-21-22-19(25-18)28-12-16-20-17(23-26-16)14-9-10-27-11-14/h5-11H,3-4,12H2,1-2H3. The summed E-state index contributed by atoms with van der Waals surface area (Å²) in [6, 6.07) is 10.1. The van der Waals surface area contributed by atoms with Gasteiger partial charge in [-0.2, -0.15) is 16.3 Å². The summed E-state index contributed by atoms with van der Waals surface area (Å²) in [6.07, 6.45) is 0. The van der Waals surface area contributed by atoms with Gasteiger partial charge in [0.05, 0.1) is 5.75 Å². The lowest BCUT2D eigenvalue weighted by molar-refractivity contribution is 0.391. The molecule has 0 fully saturated rings. The zero-order chi connectivity index (χ0) is 19.3. The molecule has 3 heterocycles. The smallest absolute Gasteiger partial charge is 0.277 e. The first-order valence-electron chi connectivity index (χ1n) is 8.93. The third kappa shape index (κ3) is 4.10. The molecular weight excluding hydrogens is 394 g/mol. The van der Waals surface area contributed by atoms with Gasteiger partial charge in [-0.3, -0.25) is 0 Å². The van der Waals surface area contributed by atoms with Crippen molar-refractivity contribution in [1.29, 1.82) is 0 Å². The maximum absolute atomic E-state index is 5.76. The third-order valence-corrected chi connectivity index (χ3v) is 5.70. The van der Waals surface area contributed by atoms with E-state index in [9.17, 15) is 0 Å². The van der Waals surface area contributed by atoms with Crippen LogP contribution >= 0.6 is 23.1 Å². The van der Waals surface area contributed by atoms with Crippen molar-refractivity contribution in [3.63, 3.8) is 0 Å². The van der Waals surface area contributed by atoms with Gasteiger partial charge in [0.1, 0.15) is 0 Å². The van der Waals surface area contributed by atoms with Gasteiger partial charge in [-0.25, -0.2) is 0 Å². The molecule has 0 unspecified atom stereocenters. The Morgan fingerprint density at radius 2 is 1.86 bits per heavy atom. The number of anilines is 1. The van der Waals surface area contributed by atoms with Crippen LogP contribution < -0.4 is 4.90 Å². The van der Waals surface area contributed by atoms with Crippen molar-refractivity contribution in [2.24, 2.45) is 0 Å². The van der Waals surface area contributed by atoms with E-state index < -0.39 is 0 Å². The zero-order valence-corrected chi connectivity index (χ0v) is 17.2. The van der Waals surface area contributed by atoms with Crippen LogP contribution in [-0.4, -0.2) is 33.4 Å². The minimum atomic E-state index is 0.470. The van der Waals surface area contributed by atoms with E-state index in [2.05, 4.69) is 51.2 Å². The fourth-order valence-corrected chi connectivity index (χ4v) is 3.97. The molecule has 4 aromatic rings. The van der Waals surface area contributed by atoms with E-state index >= 15 is 0 Å². The summed E-state index contributed by atoms with van der Waals surface area (Å²) in [6.45, 7) is 6.24. The molecule has 0 aliphatic heterocycles. The maximum atomic E-state index is 5.76. The van der Waals surface area contributed by atoms with E-state index in [0.717, 1.165) is 24.2 Å². The minimum Gasteiger partial charge on any atom is -0.411 e. The summed E-state index contributed by atoms with van der Waals surface area (Å²) < 4.78 is 11.0. The van der Waals surface area contributed by atoms with Crippen molar-refractivity contribution in [3.8, 4) is 22.8 Å². The predicted molar refractivity (Wildman–Crippen MR) is 110 cm³/mol. The van der Waals surface area contributed by atoms with E-state index in [1.54, 1.807) is 11.3 Å². The number of nitrogens with zero attached hydrogens (tertiary/aromatic N) is 5. The zero-order valence-electron chi connectivity index (χ0n) is 15.5. The van der Waals surface area contributed by atoms with Crippen LogP contribution in [0.15, 0.2) is 55.3 Å². The second kappa shape index (κ2) is 8.57. The number of rotatable bonds is 8. The molecule has 4 rings (SSSR count). The Kier molecular flexibility index (Phi) is 5.73. The Morgan fingerprint density at radius 1 is 1.04 bits per heavy atom. The van der Waals surface area contributed by atoms with Gasteiger partial charge in [-0.1, -0.05) is 16.9 Å².